The van der Waals surface area contributed by atoms with Gasteiger partial charge in [0.05, 0.1) is 5.56 Å². The van der Waals surface area contributed by atoms with Crippen molar-refractivity contribution in [3.8, 4) is 0 Å². The Morgan fingerprint density at radius 1 is 1.39 bits per heavy atom. The summed E-state index contributed by atoms with van der Waals surface area (Å²) in [4.78, 5) is 0. The Kier molecular flexibility index (Phi) is 5.83. The zero-order valence-electron chi connectivity index (χ0n) is 9.72. The molecule has 18 heavy (non-hydrogen) atoms. The first-order chi connectivity index (χ1) is 7.73. The van der Waals surface area contributed by atoms with Crippen molar-refractivity contribution in [1.29, 1.82) is 0 Å². The van der Waals surface area contributed by atoms with Crippen LogP contribution < -0.4 is 5.73 Å². The number of benzene rings is 1. The van der Waals surface area contributed by atoms with Crippen molar-refractivity contribution in [2.45, 2.75) is 25.6 Å². The predicted octanol–water partition coefficient (Wildman–Crippen LogP) is 4.23. The second kappa shape index (κ2) is 6.20. The molecule has 1 aromatic carbocycles. The van der Waals surface area contributed by atoms with Crippen molar-refractivity contribution in [1.82, 2.24) is 0 Å². The number of halogens is 5. The summed E-state index contributed by atoms with van der Waals surface area (Å²) in [5, 5.41) is 0. The fourth-order valence-corrected chi connectivity index (χ4v) is 1.63. The number of hydrogen-bond donors (Lipinski definition) is 1. The van der Waals surface area contributed by atoms with Gasteiger partial charge in [-0.05, 0) is 25.0 Å². The third kappa shape index (κ3) is 3.99. The van der Waals surface area contributed by atoms with Crippen LogP contribution in [0.3, 0.4) is 0 Å². The largest absolute Gasteiger partial charge is 0.419 e. The van der Waals surface area contributed by atoms with Gasteiger partial charge < -0.3 is 5.73 Å². The van der Waals surface area contributed by atoms with Gasteiger partial charge in [-0.15, -0.1) is 19.0 Å². The quantitative estimate of drug-likeness (QED) is 0.652. The highest BCUT2D eigenvalue weighted by Crippen LogP contribution is 2.37. The molecule has 0 amide bonds. The number of alkyl halides is 3. The van der Waals surface area contributed by atoms with Crippen molar-refractivity contribution in [2.75, 3.05) is 0 Å². The Balaban J connectivity index is 0.00000289. The van der Waals surface area contributed by atoms with E-state index in [1.807, 2.05) is 0 Å². The summed E-state index contributed by atoms with van der Waals surface area (Å²) < 4.78 is 51.3. The Morgan fingerprint density at radius 2 is 1.94 bits per heavy atom. The molecule has 0 aliphatic carbocycles. The topological polar surface area (TPSA) is 26.0 Å². The molecule has 2 N–H and O–H groups in total. The van der Waals surface area contributed by atoms with Crippen molar-refractivity contribution in [3.63, 3.8) is 0 Å². The molecule has 1 rings (SSSR count). The summed E-state index contributed by atoms with van der Waals surface area (Å²) in [5.74, 6) is -1.30. The normalized spacial score (nSPS) is 12.8. The summed E-state index contributed by atoms with van der Waals surface area (Å²) in [6.45, 7) is 5.24. The lowest BCUT2D eigenvalue weighted by Crippen LogP contribution is -2.19. The zero-order valence-corrected chi connectivity index (χ0v) is 10.5. The second-order valence-corrected chi connectivity index (χ2v) is 3.97. The van der Waals surface area contributed by atoms with E-state index in [0.717, 1.165) is 6.07 Å². The summed E-state index contributed by atoms with van der Waals surface area (Å²) in [5.41, 5.74) is 4.76. The molecule has 0 unspecified atom stereocenters. The molecule has 1 aromatic rings. The molecule has 0 saturated carbocycles. The molecular formula is C12H14ClF4N. The maximum atomic E-state index is 13.2. The van der Waals surface area contributed by atoms with Gasteiger partial charge in [0, 0.05) is 6.04 Å². The average Bonchev–Trinajstić information content (AvgIpc) is 2.14. The van der Waals surface area contributed by atoms with Crippen molar-refractivity contribution in [3.05, 3.63) is 47.3 Å². The molecule has 0 aromatic heterocycles. The number of hydrogen-bond acceptors (Lipinski definition) is 1. The van der Waals surface area contributed by atoms with E-state index < -0.39 is 23.6 Å². The fraction of sp³-hybridized carbons (Fsp3) is 0.333. The molecule has 0 spiro atoms. The third-order valence-electron chi connectivity index (χ3n) is 2.30. The molecule has 0 aliphatic heterocycles. The fourth-order valence-electron chi connectivity index (χ4n) is 1.63. The van der Waals surface area contributed by atoms with Gasteiger partial charge in [-0.3, -0.25) is 0 Å². The van der Waals surface area contributed by atoms with Crippen LogP contribution in [0.25, 0.3) is 0 Å². The molecule has 1 nitrogen and oxygen atoms in total. The highest BCUT2D eigenvalue weighted by Gasteiger charge is 2.37. The standard InChI is InChI=1S/C12H13F4N.ClH/c1-7(2)6-10(17)8-4-3-5-9(13)11(8)12(14,15)16;/h3-5,10H,1,6,17H2,2H3;1H/t10-;/m0./s1. The summed E-state index contributed by atoms with van der Waals surface area (Å²) in [6, 6.07) is 2.29. The minimum atomic E-state index is -4.74. The van der Waals surface area contributed by atoms with Crippen molar-refractivity contribution >= 4 is 12.4 Å². The molecule has 102 valence electrons. The van der Waals surface area contributed by atoms with Gasteiger partial charge in [0.2, 0.25) is 0 Å². The van der Waals surface area contributed by atoms with E-state index in [-0.39, 0.29) is 24.4 Å². The van der Waals surface area contributed by atoms with E-state index >= 15 is 0 Å². The Hall–Kier alpha value is -1.07. The van der Waals surface area contributed by atoms with Crippen LogP contribution in [-0.2, 0) is 6.18 Å². The maximum absolute atomic E-state index is 13.2. The monoisotopic (exact) mass is 283 g/mol. The van der Waals surface area contributed by atoms with Crippen LogP contribution in [-0.4, -0.2) is 0 Å². The molecule has 6 heteroatoms. The summed E-state index contributed by atoms with van der Waals surface area (Å²) in [7, 11) is 0. The third-order valence-corrected chi connectivity index (χ3v) is 2.30. The second-order valence-electron chi connectivity index (χ2n) is 3.97. The van der Waals surface area contributed by atoms with Gasteiger partial charge in [-0.1, -0.05) is 17.7 Å². The smallest absolute Gasteiger partial charge is 0.324 e. The minimum absolute atomic E-state index is 0. The first-order valence-corrected chi connectivity index (χ1v) is 4.99. The Labute approximate surface area is 109 Å². The van der Waals surface area contributed by atoms with E-state index in [0.29, 0.717) is 5.57 Å². The lowest BCUT2D eigenvalue weighted by molar-refractivity contribution is -0.140. The van der Waals surface area contributed by atoms with Crippen LogP contribution >= 0.6 is 12.4 Å². The predicted molar refractivity (Wildman–Crippen MR) is 65.0 cm³/mol. The van der Waals surface area contributed by atoms with E-state index in [1.54, 1.807) is 6.92 Å². The van der Waals surface area contributed by atoms with Crippen molar-refractivity contribution < 1.29 is 17.6 Å². The van der Waals surface area contributed by atoms with Crippen LogP contribution in [0.1, 0.15) is 30.5 Å². The first-order valence-electron chi connectivity index (χ1n) is 4.99. The molecule has 1 atom stereocenters. The maximum Gasteiger partial charge on any atom is 0.419 e. The number of rotatable bonds is 3. The SMILES string of the molecule is C=C(C)C[C@H](N)c1cccc(F)c1C(F)(F)F.Cl. The zero-order chi connectivity index (χ0) is 13.2. The molecule has 0 saturated heterocycles. The van der Waals surface area contributed by atoms with Gasteiger partial charge >= 0.3 is 6.18 Å². The number of nitrogens with two attached hydrogens (primary N) is 1. The summed E-state index contributed by atoms with van der Waals surface area (Å²) in [6.07, 6.45) is -4.56. The van der Waals surface area contributed by atoms with Gasteiger partial charge in [-0.2, -0.15) is 13.2 Å². The molecule has 0 bridgehead atoms. The van der Waals surface area contributed by atoms with E-state index in [2.05, 4.69) is 6.58 Å². The van der Waals surface area contributed by atoms with Crippen LogP contribution in [0.15, 0.2) is 30.4 Å². The van der Waals surface area contributed by atoms with Gasteiger partial charge in [0.1, 0.15) is 5.82 Å². The first kappa shape index (κ1) is 16.9. The molecule has 0 fully saturated rings. The molecular weight excluding hydrogens is 270 g/mol. The minimum Gasteiger partial charge on any atom is -0.324 e. The Morgan fingerprint density at radius 3 is 2.39 bits per heavy atom. The van der Waals surface area contributed by atoms with E-state index in [4.69, 9.17) is 5.73 Å². The van der Waals surface area contributed by atoms with Gasteiger partial charge in [0.15, 0.2) is 0 Å². The lowest BCUT2D eigenvalue weighted by atomic mass is 9.95. The van der Waals surface area contributed by atoms with Gasteiger partial charge in [0.25, 0.3) is 0 Å². The Bertz CT molecular complexity index is 429. The van der Waals surface area contributed by atoms with E-state index in [9.17, 15) is 17.6 Å². The van der Waals surface area contributed by atoms with Crippen LogP contribution in [0, 0.1) is 5.82 Å². The van der Waals surface area contributed by atoms with Crippen LogP contribution in [0.4, 0.5) is 17.6 Å². The van der Waals surface area contributed by atoms with Crippen LogP contribution in [0.2, 0.25) is 0 Å². The molecule has 0 radical (unpaired) electrons. The van der Waals surface area contributed by atoms with E-state index in [1.165, 1.54) is 12.1 Å². The van der Waals surface area contributed by atoms with Crippen LogP contribution in [0.5, 0.6) is 0 Å². The average molecular weight is 284 g/mol. The lowest BCUT2D eigenvalue weighted by Gasteiger charge is -2.18. The highest BCUT2D eigenvalue weighted by molar-refractivity contribution is 5.85. The molecule has 0 aliphatic rings. The highest BCUT2D eigenvalue weighted by atomic mass is 35.5. The summed E-state index contributed by atoms with van der Waals surface area (Å²) >= 11 is 0. The molecule has 0 heterocycles. The van der Waals surface area contributed by atoms with Crippen molar-refractivity contribution in [2.24, 2.45) is 5.73 Å². The van der Waals surface area contributed by atoms with Gasteiger partial charge in [-0.25, -0.2) is 4.39 Å².